The highest BCUT2D eigenvalue weighted by molar-refractivity contribution is 7.16. The highest BCUT2D eigenvalue weighted by Gasteiger charge is 2.24. The molecule has 156 valence electrons. The number of ether oxygens (including phenoxy) is 1. The van der Waals surface area contributed by atoms with E-state index >= 15 is 0 Å². The second-order valence-electron chi connectivity index (χ2n) is 7.78. The largest absolute Gasteiger partial charge is 0.481 e. The van der Waals surface area contributed by atoms with E-state index < -0.39 is 6.10 Å². The number of anilines is 2. The number of amides is 2. The first-order valence-electron chi connectivity index (χ1n) is 10.5. The second kappa shape index (κ2) is 8.88. The predicted octanol–water partition coefficient (Wildman–Crippen LogP) is 4.42. The Balaban J connectivity index is 1.45. The lowest BCUT2D eigenvalue weighted by Crippen LogP contribution is -2.30. The van der Waals surface area contributed by atoms with Crippen LogP contribution in [0, 0.1) is 11.3 Å². The number of nitrogens with one attached hydrogen (secondary N) is 1. The Morgan fingerprint density at radius 1 is 1.23 bits per heavy atom. The molecule has 7 heteroatoms. The maximum absolute atomic E-state index is 12.8. The number of hydrogen-bond acceptors (Lipinski definition) is 5. The van der Waals surface area contributed by atoms with Crippen molar-refractivity contribution < 1.29 is 14.3 Å². The molecule has 0 bridgehead atoms. The van der Waals surface area contributed by atoms with Gasteiger partial charge in [0.25, 0.3) is 5.91 Å². The van der Waals surface area contributed by atoms with Crippen LogP contribution in [0.3, 0.4) is 0 Å². The van der Waals surface area contributed by atoms with Crippen LogP contribution in [-0.4, -0.2) is 24.5 Å². The normalized spacial score (nSPS) is 17.1. The van der Waals surface area contributed by atoms with Crippen molar-refractivity contribution in [2.75, 3.05) is 16.8 Å². The smallest absolute Gasteiger partial charge is 0.265 e. The van der Waals surface area contributed by atoms with E-state index in [-0.39, 0.29) is 11.8 Å². The van der Waals surface area contributed by atoms with E-state index in [1.807, 2.05) is 12.1 Å². The van der Waals surface area contributed by atoms with Gasteiger partial charge in [0.2, 0.25) is 5.91 Å². The van der Waals surface area contributed by atoms with Crippen LogP contribution in [0.4, 0.5) is 10.7 Å². The number of carbonyl (C=O) groups excluding carboxylic acids is 2. The first-order chi connectivity index (χ1) is 14.6. The molecule has 1 atom stereocenters. The molecule has 4 rings (SSSR count). The summed E-state index contributed by atoms with van der Waals surface area (Å²) in [6, 6.07) is 9.56. The summed E-state index contributed by atoms with van der Waals surface area (Å²) < 4.78 is 5.85. The van der Waals surface area contributed by atoms with Gasteiger partial charge < -0.3 is 15.0 Å². The van der Waals surface area contributed by atoms with Crippen molar-refractivity contribution >= 4 is 33.8 Å². The van der Waals surface area contributed by atoms with Crippen LogP contribution < -0.4 is 15.0 Å². The third-order valence-corrected chi connectivity index (χ3v) is 6.86. The van der Waals surface area contributed by atoms with Crippen LogP contribution in [0.2, 0.25) is 0 Å². The molecule has 1 saturated heterocycles. The van der Waals surface area contributed by atoms with Gasteiger partial charge in [-0.1, -0.05) is 12.5 Å². The molecule has 30 heavy (non-hydrogen) atoms. The van der Waals surface area contributed by atoms with Gasteiger partial charge in [-0.2, -0.15) is 5.26 Å². The average molecular weight is 424 g/mol. The van der Waals surface area contributed by atoms with E-state index in [9.17, 15) is 14.9 Å². The van der Waals surface area contributed by atoms with Crippen molar-refractivity contribution in [1.82, 2.24) is 0 Å². The third kappa shape index (κ3) is 4.19. The van der Waals surface area contributed by atoms with Crippen molar-refractivity contribution in [2.24, 2.45) is 0 Å². The number of aryl methyl sites for hydroxylation is 1. The Hall–Kier alpha value is -2.85. The second-order valence-corrected chi connectivity index (χ2v) is 8.88. The van der Waals surface area contributed by atoms with Crippen LogP contribution in [0.25, 0.3) is 0 Å². The van der Waals surface area contributed by atoms with Crippen molar-refractivity contribution in [3.8, 4) is 11.8 Å². The van der Waals surface area contributed by atoms with E-state index in [0.29, 0.717) is 29.3 Å². The minimum absolute atomic E-state index is 0.111. The summed E-state index contributed by atoms with van der Waals surface area (Å²) in [6.45, 7) is 2.39. The Morgan fingerprint density at radius 3 is 2.83 bits per heavy atom. The first-order valence-corrected chi connectivity index (χ1v) is 11.3. The lowest BCUT2D eigenvalue weighted by molar-refractivity contribution is -0.122. The number of carbonyl (C=O) groups is 2. The number of fused-ring (bicyclic) bond motifs is 1. The van der Waals surface area contributed by atoms with Gasteiger partial charge in [-0.05, 0) is 56.7 Å². The number of benzene rings is 1. The van der Waals surface area contributed by atoms with Crippen molar-refractivity contribution in [3.63, 3.8) is 0 Å². The molecule has 0 unspecified atom stereocenters. The molecule has 2 heterocycles. The molecule has 2 amide bonds. The quantitative estimate of drug-likeness (QED) is 0.722. The van der Waals surface area contributed by atoms with Crippen LogP contribution in [0.1, 0.15) is 55.0 Å². The molecule has 1 aliphatic heterocycles. The highest BCUT2D eigenvalue weighted by Crippen LogP contribution is 2.37. The van der Waals surface area contributed by atoms with E-state index in [1.54, 1.807) is 24.0 Å². The van der Waals surface area contributed by atoms with Gasteiger partial charge >= 0.3 is 0 Å². The molecule has 2 aromatic rings. The molecule has 1 N–H and O–H groups in total. The van der Waals surface area contributed by atoms with Crippen molar-refractivity contribution in [3.05, 3.63) is 40.3 Å². The summed E-state index contributed by atoms with van der Waals surface area (Å²) in [7, 11) is 0. The summed E-state index contributed by atoms with van der Waals surface area (Å²) in [4.78, 5) is 27.7. The van der Waals surface area contributed by atoms with Crippen molar-refractivity contribution in [2.45, 2.75) is 58.0 Å². The zero-order valence-corrected chi connectivity index (χ0v) is 17.9. The summed E-state index contributed by atoms with van der Waals surface area (Å²) in [5, 5.41) is 13.2. The molecule has 1 aromatic heterocycles. The molecule has 6 nitrogen and oxygen atoms in total. The summed E-state index contributed by atoms with van der Waals surface area (Å²) in [5.74, 6) is 0.363. The minimum Gasteiger partial charge on any atom is -0.481 e. The number of hydrogen-bond donors (Lipinski definition) is 1. The Labute approximate surface area is 180 Å². The molecule has 1 aliphatic carbocycles. The average Bonchev–Trinajstić information content (AvgIpc) is 3.23. The van der Waals surface area contributed by atoms with Gasteiger partial charge in [-0.3, -0.25) is 9.59 Å². The standard InChI is InChI=1S/C23H25N3O3S/c1-15(29-17-8-5-7-16(13-17)26-12-6-11-21(26)27)22(28)25-23-19(14-24)18-9-3-2-4-10-20(18)30-23/h5,7-8,13,15H,2-4,6,9-12H2,1H3,(H,25,28)/t15-/m0/s1. The van der Waals surface area contributed by atoms with Gasteiger partial charge in [0, 0.05) is 29.6 Å². The Bertz CT molecular complexity index is 1010. The van der Waals surface area contributed by atoms with Gasteiger partial charge in [0.05, 0.1) is 5.56 Å². The van der Waals surface area contributed by atoms with Gasteiger partial charge in [-0.15, -0.1) is 11.3 Å². The van der Waals surface area contributed by atoms with E-state index in [1.165, 1.54) is 22.6 Å². The van der Waals surface area contributed by atoms with Crippen LogP contribution in [-0.2, 0) is 22.4 Å². The predicted molar refractivity (Wildman–Crippen MR) is 117 cm³/mol. The summed E-state index contributed by atoms with van der Waals surface area (Å²) in [5.41, 5.74) is 2.50. The van der Waals surface area contributed by atoms with Crippen LogP contribution >= 0.6 is 11.3 Å². The Kier molecular flexibility index (Phi) is 6.05. The molecular formula is C23H25N3O3S. The number of thiophene rings is 1. The van der Waals surface area contributed by atoms with E-state index in [4.69, 9.17) is 4.74 Å². The maximum atomic E-state index is 12.8. The molecule has 0 radical (unpaired) electrons. The van der Waals surface area contributed by atoms with Crippen LogP contribution in [0.15, 0.2) is 24.3 Å². The first kappa shape index (κ1) is 20.4. The van der Waals surface area contributed by atoms with Crippen molar-refractivity contribution in [1.29, 1.82) is 5.26 Å². The van der Waals surface area contributed by atoms with Gasteiger partial charge in [-0.25, -0.2) is 0 Å². The lowest BCUT2D eigenvalue weighted by atomic mass is 10.1. The zero-order valence-electron chi connectivity index (χ0n) is 17.1. The van der Waals surface area contributed by atoms with E-state index in [0.717, 1.165) is 43.4 Å². The number of nitrogens with zero attached hydrogens (tertiary/aromatic N) is 2. The zero-order chi connectivity index (χ0) is 21.1. The third-order valence-electron chi connectivity index (χ3n) is 5.65. The maximum Gasteiger partial charge on any atom is 0.265 e. The monoisotopic (exact) mass is 423 g/mol. The molecule has 1 aromatic carbocycles. The van der Waals surface area contributed by atoms with Gasteiger partial charge in [0.15, 0.2) is 6.10 Å². The molecular weight excluding hydrogens is 398 g/mol. The SMILES string of the molecule is C[C@H](Oc1cccc(N2CCCC2=O)c1)C(=O)Nc1sc2c(c1C#N)CCCCC2. The minimum atomic E-state index is -0.733. The fourth-order valence-electron chi connectivity index (χ4n) is 4.07. The molecule has 0 spiro atoms. The summed E-state index contributed by atoms with van der Waals surface area (Å²) >= 11 is 1.52. The highest BCUT2D eigenvalue weighted by atomic mass is 32.1. The molecule has 0 saturated carbocycles. The summed E-state index contributed by atoms with van der Waals surface area (Å²) in [6.07, 6.45) is 5.95. The molecule has 2 aliphatic rings. The topological polar surface area (TPSA) is 82.4 Å². The van der Waals surface area contributed by atoms with Gasteiger partial charge in [0.1, 0.15) is 16.8 Å². The number of rotatable bonds is 5. The fourth-order valence-corrected chi connectivity index (χ4v) is 5.31. The Morgan fingerprint density at radius 2 is 2.07 bits per heavy atom. The lowest BCUT2D eigenvalue weighted by Gasteiger charge is -2.18. The fraction of sp³-hybridized carbons (Fsp3) is 0.435. The van der Waals surface area contributed by atoms with E-state index in [2.05, 4.69) is 11.4 Å². The molecule has 1 fully saturated rings. The van der Waals surface area contributed by atoms with Crippen LogP contribution in [0.5, 0.6) is 5.75 Å². The number of nitriles is 1.